The Morgan fingerprint density at radius 3 is 2.21 bits per heavy atom. The molecule has 5 rings (SSSR count). The third kappa shape index (κ3) is 4.40. The minimum absolute atomic E-state index is 0.0873. The summed E-state index contributed by atoms with van der Waals surface area (Å²) >= 11 is 5.31. The lowest BCUT2D eigenvalue weighted by atomic mass is 10.1. The zero-order chi connectivity index (χ0) is 23.5. The van der Waals surface area contributed by atoms with Crippen LogP contribution in [0.5, 0.6) is 0 Å². The Balaban J connectivity index is 1.46. The highest BCUT2D eigenvalue weighted by Crippen LogP contribution is 2.26. The largest absolute Gasteiger partial charge is 0.342 e. The summed E-state index contributed by atoms with van der Waals surface area (Å²) in [4.78, 5) is 27.5. The molecule has 6 heteroatoms. The minimum Gasteiger partial charge on any atom is -0.342 e. The Hall–Kier alpha value is -4.03. The van der Waals surface area contributed by atoms with E-state index in [-0.39, 0.29) is 16.6 Å². The van der Waals surface area contributed by atoms with Crippen molar-refractivity contribution in [2.24, 2.45) is 0 Å². The van der Waals surface area contributed by atoms with Gasteiger partial charge in [0, 0.05) is 35.8 Å². The van der Waals surface area contributed by atoms with Gasteiger partial charge in [-0.2, -0.15) is 0 Å². The quantitative estimate of drug-likeness (QED) is 0.258. The number of nitrogens with zero attached hydrogens (tertiary/aromatic N) is 2. The molecule has 1 saturated heterocycles. The first kappa shape index (κ1) is 21.8. The van der Waals surface area contributed by atoms with E-state index in [1.807, 2.05) is 79.0 Å². The molecule has 0 saturated carbocycles. The normalized spacial score (nSPS) is 15.2. The maximum atomic E-state index is 13.3. The highest BCUT2D eigenvalue weighted by Gasteiger charge is 2.33. The van der Waals surface area contributed by atoms with Crippen molar-refractivity contribution in [3.8, 4) is 0 Å². The maximum absolute atomic E-state index is 13.3. The first-order valence-corrected chi connectivity index (χ1v) is 11.6. The number of hydrogen-bond donors (Lipinski definition) is 1. The van der Waals surface area contributed by atoms with E-state index < -0.39 is 5.91 Å². The first-order chi connectivity index (χ1) is 16.6. The molecule has 3 aromatic carbocycles. The van der Waals surface area contributed by atoms with E-state index in [0.29, 0.717) is 19.5 Å². The number of thiocarbonyl (C=S) groups is 1. The van der Waals surface area contributed by atoms with Crippen LogP contribution in [0.15, 0.2) is 96.7 Å². The Kier molecular flexibility index (Phi) is 6.06. The standard InChI is InChI=1S/C28H23N3O2S/c32-26-24(27(33)31(28(34)29-26)16-15-20-9-3-1-4-10-20)17-22-19-30(18-21-11-5-2-6-12-21)25-14-8-7-13-23(22)25/h1-14,17,19H,15-16,18H2,(H,29,32,34)/b24-17+. The zero-order valence-electron chi connectivity index (χ0n) is 18.5. The second kappa shape index (κ2) is 9.45. The summed E-state index contributed by atoms with van der Waals surface area (Å²) in [7, 11) is 0. The molecule has 1 aliphatic heterocycles. The predicted octanol–water partition coefficient (Wildman–Crippen LogP) is 4.56. The van der Waals surface area contributed by atoms with Crippen molar-refractivity contribution in [1.82, 2.24) is 14.8 Å². The summed E-state index contributed by atoms with van der Waals surface area (Å²) in [6.45, 7) is 1.09. The van der Waals surface area contributed by atoms with E-state index >= 15 is 0 Å². The summed E-state index contributed by atoms with van der Waals surface area (Å²) in [6.07, 6.45) is 4.32. The van der Waals surface area contributed by atoms with E-state index in [1.165, 1.54) is 10.5 Å². The van der Waals surface area contributed by atoms with Crippen molar-refractivity contribution in [3.63, 3.8) is 0 Å². The van der Waals surface area contributed by atoms with Gasteiger partial charge in [0.15, 0.2) is 5.11 Å². The van der Waals surface area contributed by atoms with Crippen LogP contribution in [0.2, 0.25) is 0 Å². The molecule has 0 bridgehead atoms. The predicted molar refractivity (Wildman–Crippen MR) is 138 cm³/mol. The summed E-state index contributed by atoms with van der Waals surface area (Å²) in [6, 6.07) is 28.1. The number of rotatable bonds is 6. The first-order valence-electron chi connectivity index (χ1n) is 11.1. The number of hydrogen-bond acceptors (Lipinski definition) is 3. The van der Waals surface area contributed by atoms with Gasteiger partial charge in [-0.3, -0.25) is 19.8 Å². The Morgan fingerprint density at radius 1 is 0.824 bits per heavy atom. The zero-order valence-corrected chi connectivity index (χ0v) is 19.3. The van der Waals surface area contributed by atoms with E-state index in [9.17, 15) is 9.59 Å². The molecule has 0 atom stereocenters. The van der Waals surface area contributed by atoms with Crippen molar-refractivity contribution >= 4 is 46.1 Å². The van der Waals surface area contributed by atoms with Crippen molar-refractivity contribution in [1.29, 1.82) is 0 Å². The molecule has 4 aromatic rings. The van der Waals surface area contributed by atoms with E-state index in [0.717, 1.165) is 22.0 Å². The monoisotopic (exact) mass is 465 g/mol. The molecule has 168 valence electrons. The highest BCUT2D eigenvalue weighted by molar-refractivity contribution is 7.80. The molecule has 2 heterocycles. The highest BCUT2D eigenvalue weighted by atomic mass is 32.1. The molecule has 5 nitrogen and oxygen atoms in total. The Bertz CT molecular complexity index is 1410. The minimum atomic E-state index is -0.467. The van der Waals surface area contributed by atoms with Gasteiger partial charge in [0.25, 0.3) is 11.8 Å². The molecular formula is C28H23N3O2S. The van der Waals surface area contributed by atoms with E-state index in [1.54, 1.807) is 6.08 Å². The lowest BCUT2D eigenvalue weighted by molar-refractivity contribution is -0.128. The summed E-state index contributed by atoms with van der Waals surface area (Å²) in [5.74, 6) is -0.838. The molecule has 1 N–H and O–H groups in total. The molecule has 1 aromatic heterocycles. The summed E-state index contributed by atoms with van der Waals surface area (Å²) in [5, 5.41) is 3.81. The van der Waals surface area contributed by atoms with E-state index in [2.05, 4.69) is 22.0 Å². The molecule has 34 heavy (non-hydrogen) atoms. The lowest BCUT2D eigenvalue weighted by Gasteiger charge is -2.28. The fourth-order valence-electron chi connectivity index (χ4n) is 4.24. The molecule has 0 radical (unpaired) electrons. The number of nitrogens with one attached hydrogen (secondary N) is 1. The molecule has 0 unspecified atom stereocenters. The fourth-order valence-corrected chi connectivity index (χ4v) is 4.51. The van der Waals surface area contributed by atoms with Gasteiger partial charge in [-0.1, -0.05) is 78.9 Å². The van der Waals surface area contributed by atoms with Crippen LogP contribution >= 0.6 is 12.2 Å². The second-order valence-electron chi connectivity index (χ2n) is 8.22. The number of amides is 2. The molecule has 1 aliphatic rings. The average molecular weight is 466 g/mol. The molecule has 1 fully saturated rings. The summed E-state index contributed by atoms with van der Waals surface area (Å²) in [5.41, 5.74) is 4.22. The Morgan fingerprint density at radius 2 is 1.47 bits per heavy atom. The Labute approximate surface area is 203 Å². The number of carbonyl (C=O) groups is 2. The van der Waals surface area contributed by atoms with Gasteiger partial charge in [-0.25, -0.2) is 0 Å². The average Bonchev–Trinajstić information content (AvgIpc) is 3.20. The lowest BCUT2D eigenvalue weighted by Crippen LogP contribution is -2.54. The number of fused-ring (bicyclic) bond motifs is 1. The third-order valence-corrected chi connectivity index (χ3v) is 6.29. The van der Waals surface area contributed by atoms with Crippen LogP contribution in [-0.2, 0) is 22.6 Å². The van der Waals surface area contributed by atoms with Crippen LogP contribution in [0.25, 0.3) is 17.0 Å². The smallest absolute Gasteiger partial charge is 0.265 e. The van der Waals surface area contributed by atoms with Crippen LogP contribution in [0.3, 0.4) is 0 Å². The fraction of sp³-hybridized carbons (Fsp3) is 0.107. The second-order valence-corrected chi connectivity index (χ2v) is 8.61. The van der Waals surface area contributed by atoms with Crippen molar-refractivity contribution in [2.75, 3.05) is 6.54 Å². The number of carbonyl (C=O) groups excluding carboxylic acids is 2. The summed E-state index contributed by atoms with van der Waals surface area (Å²) < 4.78 is 2.14. The van der Waals surface area contributed by atoms with Crippen LogP contribution in [-0.4, -0.2) is 32.9 Å². The van der Waals surface area contributed by atoms with Gasteiger partial charge in [0.1, 0.15) is 5.57 Å². The van der Waals surface area contributed by atoms with Crippen LogP contribution in [0.4, 0.5) is 0 Å². The van der Waals surface area contributed by atoms with E-state index in [4.69, 9.17) is 12.2 Å². The van der Waals surface area contributed by atoms with Gasteiger partial charge in [0.2, 0.25) is 0 Å². The van der Waals surface area contributed by atoms with Crippen molar-refractivity contribution in [2.45, 2.75) is 13.0 Å². The van der Waals surface area contributed by atoms with Crippen molar-refractivity contribution in [3.05, 3.63) is 113 Å². The molecule has 0 spiro atoms. The number of benzene rings is 3. The number of para-hydroxylation sites is 1. The SMILES string of the molecule is O=C1NC(=S)N(CCc2ccccc2)C(=O)/C1=C/c1cn(Cc2ccccc2)c2ccccc12. The van der Waals surface area contributed by atoms with Crippen LogP contribution in [0.1, 0.15) is 16.7 Å². The van der Waals surface area contributed by atoms with Crippen molar-refractivity contribution < 1.29 is 9.59 Å². The molecule has 2 amide bonds. The molecular weight excluding hydrogens is 442 g/mol. The van der Waals surface area contributed by atoms with Gasteiger partial charge in [0.05, 0.1) is 0 Å². The number of aromatic nitrogens is 1. The topological polar surface area (TPSA) is 54.3 Å². The third-order valence-electron chi connectivity index (χ3n) is 5.97. The molecule has 0 aliphatic carbocycles. The van der Waals surface area contributed by atoms with Gasteiger partial charge >= 0.3 is 0 Å². The van der Waals surface area contributed by atoms with Gasteiger partial charge < -0.3 is 4.57 Å². The van der Waals surface area contributed by atoms with Crippen LogP contribution in [0, 0.1) is 0 Å². The van der Waals surface area contributed by atoms with Gasteiger partial charge in [-0.15, -0.1) is 0 Å². The van der Waals surface area contributed by atoms with Crippen LogP contribution < -0.4 is 5.32 Å². The maximum Gasteiger partial charge on any atom is 0.265 e. The van der Waals surface area contributed by atoms with Gasteiger partial charge in [-0.05, 0) is 41.9 Å².